The van der Waals surface area contributed by atoms with E-state index < -0.39 is 12.1 Å². The monoisotopic (exact) mass is 835 g/mol. The molecule has 0 amide bonds. The van der Waals surface area contributed by atoms with Crippen molar-refractivity contribution in [3.05, 3.63) is 170 Å². The van der Waals surface area contributed by atoms with E-state index in [1.54, 1.807) is 0 Å². The molecular weight excluding hydrogens is 757 g/mol. The lowest BCUT2D eigenvalue weighted by Crippen LogP contribution is -2.30. The van der Waals surface area contributed by atoms with Gasteiger partial charge in [0.25, 0.3) is 0 Å². The fourth-order valence-corrected chi connectivity index (χ4v) is 5.08. The second-order valence-electron chi connectivity index (χ2n) is 14.1. The molecule has 0 saturated carbocycles. The van der Waals surface area contributed by atoms with Crippen LogP contribution in [0.15, 0.2) is 170 Å². The van der Waals surface area contributed by atoms with Gasteiger partial charge in [-0.25, -0.2) is 0 Å². The van der Waals surface area contributed by atoms with Crippen LogP contribution in [0.3, 0.4) is 0 Å². The van der Waals surface area contributed by atoms with Crippen molar-refractivity contribution >= 4 is 17.9 Å². The standard InChI is InChI=1S/C55H78O6/c1-4-7-10-13-16-19-22-25-26-27-28-31-33-36-39-42-45-48-54(57)60-51-52(61-55(58)49-46-43-40-37-34-30-24-21-18-15-12-9-6-3)50-59-53(56)47-44-41-38-35-32-29-23-20-17-14-11-8-5-2/h8-9,11-12,14-21,23-26,28-32,34-40,52H,4-7,10,13,22,27,33,41-51H2,1-3H3/b11-8+,12-9+,17-14+,18-15+,19-16+,23-20+,24-21+,26-25+,31-28+,32-29+,34-30+,38-35+,39-36+,40-37+. The molecule has 6 heteroatoms. The van der Waals surface area contributed by atoms with E-state index >= 15 is 0 Å². The van der Waals surface area contributed by atoms with Gasteiger partial charge in [0.15, 0.2) is 6.10 Å². The van der Waals surface area contributed by atoms with Crippen molar-refractivity contribution in [1.29, 1.82) is 0 Å². The van der Waals surface area contributed by atoms with Crippen LogP contribution >= 0.6 is 0 Å². The summed E-state index contributed by atoms with van der Waals surface area (Å²) in [6.45, 7) is 6.09. The Kier molecular flexibility index (Phi) is 43.4. The van der Waals surface area contributed by atoms with Gasteiger partial charge in [-0.2, -0.15) is 0 Å². The van der Waals surface area contributed by atoms with Gasteiger partial charge in [0.05, 0.1) is 0 Å². The number of unbranched alkanes of at least 4 members (excludes halogenated alkanes) is 6. The lowest BCUT2D eigenvalue weighted by molar-refractivity contribution is -0.166. The second-order valence-corrected chi connectivity index (χ2v) is 14.1. The van der Waals surface area contributed by atoms with Crippen molar-refractivity contribution in [3.63, 3.8) is 0 Å². The first kappa shape index (κ1) is 55.8. The van der Waals surface area contributed by atoms with E-state index in [0.717, 1.165) is 44.9 Å². The Morgan fingerprint density at radius 2 is 0.689 bits per heavy atom. The molecule has 0 N–H and O–H groups in total. The quantitative estimate of drug-likeness (QED) is 0.0204. The molecule has 0 spiro atoms. The molecule has 1 atom stereocenters. The first-order valence-corrected chi connectivity index (χ1v) is 22.8. The summed E-state index contributed by atoms with van der Waals surface area (Å²) < 4.78 is 16.5. The third-order valence-electron chi connectivity index (χ3n) is 8.44. The Hall–Kier alpha value is -5.23. The number of esters is 3. The van der Waals surface area contributed by atoms with Crippen LogP contribution in [-0.2, 0) is 28.6 Å². The molecule has 0 fully saturated rings. The van der Waals surface area contributed by atoms with E-state index in [2.05, 4.69) is 81.5 Å². The molecular formula is C55H78O6. The number of carbonyl (C=O) groups is 3. The Balaban J connectivity index is 4.73. The fraction of sp³-hybridized carbons (Fsp3) is 0.436. The highest BCUT2D eigenvalue weighted by Gasteiger charge is 2.19. The molecule has 61 heavy (non-hydrogen) atoms. The lowest BCUT2D eigenvalue weighted by Gasteiger charge is -2.18. The molecule has 334 valence electrons. The molecule has 0 aliphatic rings. The summed E-state index contributed by atoms with van der Waals surface area (Å²) in [6.07, 6.45) is 70.7. The maximum absolute atomic E-state index is 12.7. The summed E-state index contributed by atoms with van der Waals surface area (Å²) in [7, 11) is 0. The summed E-state index contributed by atoms with van der Waals surface area (Å²) in [5.41, 5.74) is 0. The van der Waals surface area contributed by atoms with Crippen molar-refractivity contribution in [3.8, 4) is 0 Å². The molecule has 0 saturated heterocycles. The Morgan fingerprint density at radius 3 is 1.08 bits per heavy atom. The molecule has 1 unspecified atom stereocenters. The maximum Gasteiger partial charge on any atom is 0.306 e. The maximum atomic E-state index is 12.7. The van der Waals surface area contributed by atoms with Gasteiger partial charge in [-0.15, -0.1) is 0 Å². The third kappa shape index (κ3) is 45.7. The van der Waals surface area contributed by atoms with Crippen LogP contribution in [-0.4, -0.2) is 37.2 Å². The van der Waals surface area contributed by atoms with Crippen molar-refractivity contribution in [2.45, 2.75) is 142 Å². The van der Waals surface area contributed by atoms with Crippen LogP contribution < -0.4 is 0 Å². The van der Waals surface area contributed by atoms with Gasteiger partial charge in [0.2, 0.25) is 0 Å². The molecule has 0 heterocycles. The predicted molar refractivity (Wildman–Crippen MR) is 260 cm³/mol. The number of rotatable bonds is 37. The van der Waals surface area contributed by atoms with Gasteiger partial charge in [0.1, 0.15) is 13.2 Å². The second kappa shape index (κ2) is 47.4. The normalized spacial score (nSPS) is 13.7. The molecule has 0 aromatic rings. The highest BCUT2D eigenvalue weighted by molar-refractivity contribution is 5.71. The average molecular weight is 835 g/mol. The van der Waals surface area contributed by atoms with Crippen molar-refractivity contribution in [2.75, 3.05) is 13.2 Å². The van der Waals surface area contributed by atoms with Gasteiger partial charge < -0.3 is 14.2 Å². The predicted octanol–water partition coefficient (Wildman–Crippen LogP) is 14.9. The molecule has 0 radical (unpaired) electrons. The SMILES string of the molecule is CC/C=C/C=C/C=C/C=C/C=C/CCCC(=O)OCC(COC(=O)CCC/C=C/C/C=C/C/C=C/C/C=C/CCCCC)OC(=O)CCC/C=C/C=C/C=C/C=C/C=C/CC. The van der Waals surface area contributed by atoms with Crippen LogP contribution in [0, 0.1) is 0 Å². The number of allylic oxidation sites excluding steroid dienone is 28. The molecule has 0 bridgehead atoms. The van der Waals surface area contributed by atoms with Gasteiger partial charge in [-0.1, -0.05) is 204 Å². The van der Waals surface area contributed by atoms with E-state index in [1.807, 2.05) is 109 Å². The highest BCUT2D eigenvalue weighted by atomic mass is 16.6. The minimum absolute atomic E-state index is 0.167. The zero-order valence-electron chi connectivity index (χ0n) is 37.8. The minimum atomic E-state index is -0.874. The smallest absolute Gasteiger partial charge is 0.306 e. The largest absolute Gasteiger partial charge is 0.462 e. The summed E-state index contributed by atoms with van der Waals surface area (Å²) in [4.78, 5) is 37.7. The summed E-state index contributed by atoms with van der Waals surface area (Å²) in [6, 6.07) is 0. The average Bonchev–Trinajstić information content (AvgIpc) is 3.26. The molecule has 0 rings (SSSR count). The zero-order chi connectivity index (χ0) is 44.4. The van der Waals surface area contributed by atoms with Crippen LogP contribution in [0.2, 0.25) is 0 Å². The van der Waals surface area contributed by atoms with E-state index in [-0.39, 0.29) is 44.4 Å². The van der Waals surface area contributed by atoms with Gasteiger partial charge in [0, 0.05) is 19.3 Å². The fourth-order valence-electron chi connectivity index (χ4n) is 5.08. The first-order chi connectivity index (χ1) is 30.0. The lowest BCUT2D eigenvalue weighted by atomic mass is 10.2. The number of carbonyl (C=O) groups excluding carboxylic acids is 3. The Morgan fingerprint density at radius 1 is 0.361 bits per heavy atom. The molecule has 0 aliphatic heterocycles. The molecule has 0 aromatic heterocycles. The van der Waals surface area contributed by atoms with Crippen molar-refractivity contribution in [2.24, 2.45) is 0 Å². The van der Waals surface area contributed by atoms with Gasteiger partial charge in [-0.3, -0.25) is 14.4 Å². The van der Waals surface area contributed by atoms with E-state index in [1.165, 1.54) is 25.7 Å². The Bertz CT molecular complexity index is 1520. The topological polar surface area (TPSA) is 78.9 Å². The van der Waals surface area contributed by atoms with Crippen LogP contribution in [0.25, 0.3) is 0 Å². The highest BCUT2D eigenvalue weighted by Crippen LogP contribution is 2.08. The molecule has 6 nitrogen and oxygen atoms in total. The van der Waals surface area contributed by atoms with E-state index in [9.17, 15) is 14.4 Å². The van der Waals surface area contributed by atoms with Crippen molar-refractivity contribution in [1.82, 2.24) is 0 Å². The van der Waals surface area contributed by atoms with E-state index in [0.29, 0.717) is 25.7 Å². The van der Waals surface area contributed by atoms with Gasteiger partial charge in [-0.05, 0) is 83.5 Å². The number of hydrogen-bond acceptors (Lipinski definition) is 6. The van der Waals surface area contributed by atoms with E-state index in [4.69, 9.17) is 14.2 Å². The van der Waals surface area contributed by atoms with Crippen LogP contribution in [0.5, 0.6) is 0 Å². The van der Waals surface area contributed by atoms with Crippen LogP contribution in [0.1, 0.15) is 136 Å². The molecule has 0 aliphatic carbocycles. The third-order valence-corrected chi connectivity index (χ3v) is 8.44. The minimum Gasteiger partial charge on any atom is -0.462 e. The zero-order valence-corrected chi connectivity index (χ0v) is 37.8. The summed E-state index contributed by atoms with van der Waals surface area (Å²) in [5.74, 6) is -1.19. The number of hydrogen-bond donors (Lipinski definition) is 0. The van der Waals surface area contributed by atoms with Crippen LogP contribution in [0.4, 0.5) is 0 Å². The molecule has 0 aromatic carbocycles. The summed E-state index contributed by atoms with van der Waals surface area (Å²) >= 11 is 0. The Labute approximate surface area is 371 Å². The first-order valence-electron chi connectivity index (χ1n) is 22.8. The van der Waals surface area contributed by atoms with Gasteiger partial charge >= 0.3 is 17.9 Å². The number of ether oxygens (including phenoxy) is 3. The summed E-state index contributed by atoms with van der Waals surface area (Å²) in [5, 5.41) is 0. The van der Waals surface area contributed by atoms with Crippen molar-refractivity contribution < 1.29 is 28.6 Å².